The molecule has 1 amide bonds. The number of nitrogens with zero attached hydrogens (tertiary/aromatic N) is 2. The number of piperidine rings is 1. The third-order valence-electron chi connectivity index (χ3n) is 4.62. The highest BCUT2D eigenvalue weighted by atomic mass is 16.6. The summed E-state index contributed by atoms with van der Waals surface area (Å²) in [6.07, 6.45) is 1.44. The molecule has 0 aromatic heterocycles. The number of ether oxygens (including phenoxy) is 1. The maximum absolute atomic E-state index is 11.7. The molecule has 1 heterocycles. The van der Waals surface area contributed by atoms with Crippen molar-refractivity contribution in [2.24, 2.45) is 10.7 Å². The van der Waals surface area contributed by atoms with Crippen molar-refractivity contribution in [1.29, 1.82) is 0 Å². The Labute approximate surface area is 154 Å². The number of rotatable bonds is 4. The number of aliphatic imine (C=N–C) groups is 1. The molecule has 3 N–H and O–H groups in total. The van der Waals surface area contributed by atoms with Gasteiger partial charge in [0.15, 0.2) is 5.96 Å². The Morgan fingerprint density at radius 2 is 1.96 bits per heavy atom. The quantitative estimate of drug-likeness (QED) is 0.653. The second-order valence-electron chi connectivity index (χ2n) is 6.49. The van der Waals surface area contributed by atoms with E-state index in [1.54, 1.807) is 4.90 Å². The van der Waals surface area contributed by atoms with Crippen LogP contribution in [0.5, 0.6) is 0 Å². The highest BCUT2D eigenvalue weighted by Gasteiger charge is 2.23. The summed E-state index contributed by atoms with van der Waals surface area (Å²) in [5.41, 5.74) is 7.17. The molecule has 0 radical (unpaired) electrons. The van der Waals surface area contributed by atoms with Crippen molar-refractivity contribution >= 4 is 22.8 Å². The van der Waals surface area contributed by atoms with Gasteiger partial charge in [-0.3, -0.25) is 0 Å². The van der Waals surface area contributed by atoms with E-state index in [2.05, 4.69) is 40.6 Å². The van der Waals surface area contributed by atoms with Gasteiger partial charge in [-0.2, -0.15) is 0 Å². The summed E-state index contributed by atoms with van der Waals surface area (Å²) in [6.45, 7) is 4.12. The van der Waals surface area contributed by atoms with E-state index in [0.29, 0.717) is 32.2 Å². The topological polar surface area (TPSA) is 80.0 Å². The van der Waals surface area contributed by atoms with E-state index < -0.39 is 0 Å². The zero-order valence-electron chi connectivity index (χ0n) is 15.1. The largest absolute Gasteiger partial charge is 0.450 e. The number of likely N-dealkylation sites (tertiary alicyclic amines) is 1. The van der Waals surface area contributed by atoms with E-state index in [1.165, 1.54) is 10.8 Å². The summed E-state index contributed by atoms with van der Waals surface area (Å²) in [6, 6.07) is 14.8. The Bertz CT molecular complexity index is 782. The molecule has 1 fully saturated rings. The molecule has 0 bridgehead atoms. The number of carbonyl (C=O) groups is 1. The number of hydrogen-bond acceptors (Lipinski definition) is 3. The van der Waals surface area contributed by atoms with Crippen LogP contribution in [0.1, 0.15) is 25.3 Å². The molecule has 2 aromatic rings. The van der Waals surface area contributed by atoms with Crippen molar-refractivity contribution in [3.8, 4) is 0 Å². The predicted octanol–water partition coefficient (Wildman–Crippen LogP) is 2.87. The van der Waals surface area contributed by atoms with Gasteiger partial charge in [0, 0.05) is 19.1 Å². The van der Waals surface area contributed by atoms with Crippen LogP contribution in [0.4, 0.5) is 4.79 Å². The molecular weight excluding hydrogens is 328 g/mol. The third-order valence-corrected chi connectivity index (χ3v) is 4.62. The average Bonchev–Trinajstić information content (AvgIpc) is 2.67. The first-order valence-electron chi connectivity index (χ1n) is 9.11. The van der Waals surface area contributed by atoms with Crippen molar-refractivity contribution < 1.29 is 9.53 Å². The van der Waals surface area contributed by atoms with Gasteiger partial charge in [0.25, 0.3) is 0 Å². The number of guanidine groups is 1. The number of nitrogens with two attached hydrogens (primary N) is 1. The van der Waals surface area contributed by atoms with E-state index in [4.69, 9.17) is 10.5 Å². The summed E-state index contributed by atoms with van der Waals surface area (Å²) in [4.78, 5) is 17.9. The number of nitrogens with one attached hydrogen (secondary N) is 1. The fraction of sp³-hybridized carbons (Fsp3) is 0.400. The van der Waals surface area contributed by atoms with Crippen LogP contribution in [-0.2, 0) is 11.3 Å². The fourth-order valence-corrected chi connectivity index (χ4v) is 3.19. The van der Waals surface area contributed by atoms with E-state index in [0.717, 1.165) is 18.4 Å². The number of carbonyl (C=O) groups excluding carboxylic acids is 1. The lowest BCUT2D eigenvalue weighted by atomic mass is 10.1. The van der Waals surface area contributed by atoms with Gasteiger partial charge in [0.1, 0.15) is 0 Å². The van der Waals surface area contributed by atoms with Gasteiger partial charge in [-0.25, -0.2) is 9.79 Å². The smallest absolute Gasteiger partial charge is 0.409 e. The zero-order valence-corrected chi connectivity index (χ0v) is 15.1. The standard InChI is InChI=1S/C20H26N4O2/c1-2-26-20(25)24-11-9-18(10-12-24)23-19(21)22-14-15-7-8-16-5-3-4-6-17(16)13-15/h3-8,13,18H,2,9-12,14H2,1H3,(H3,21,22,23). The maximum atomic E-state index is 11.7. The molecule has 0 aliphatic carbocycles. The fourth-order valence-electron chi connectivity index (χ4n) is 3.19. The molecule has 26 heavy (non-hydrogen) atoms. The molecule has 138 valence electrons. The SMILES string of the molecule is CCOC(=O)N1CCC(NC(N)=NCc2ccc3ccccc3c2)CC1. The Morgan fingerprint density at radius 1 is 1.23 bits per heavy atom. The Morgan fingerprint density at radius 3 is 2.69 bits per heavy atom. The molecule has 0 spiro atoms. The van der Waals surface area contributed by atoms with Crippen LogP contribution in [0.25, 0.3) is 10.8 Å². The van der Waals surface area contributed by atoms with E-state index >= 15 is 0 Å². The molecule has 0 saturated carbocycles. The van der Waals surface area contributed by atoms with Crippen molar-refractivity contribution in [3.05, 3.63) is 48.0 Å². The molecule has 6 heteroatoms. The molecule has 2 aromatic carbocycles. The van der Waals surface area contributed by atoms with Gasteiger partial charge in [0.05, 0.1) is 13.2 Å². The Hall–Kier alpha value is -2.76. The van der Waals surface area contributed by atoms with Crippen LogP contribution in [0.3, 0.4) is 0 Å². The van der Waals surface area contributed by atoms with Gasteiger partial charge in [-0.15, -0.1) is 0 Å². The van der Waals surface area contributed by atoms with Crippen molar-refractivity contribution in [1.82, 2.24) is 10.2 Å². The number of hydrogen-bond donors (Lipinski definition) is 2. The lowest BCUT2D eigenvalue weighted by Gasteiger charge is -2.31. The van der Waals surface area contributed by atoms with Crippen LogP contribution in [-0.4, -0.2) is 42.7 Å². The normalized spacial score (nSPS) is 15.9. The van der Waals surface area contributed by atoms with Crippen LogP contribution in [0.2, 0.25) is 0 Å². The summed E-state index contributed by atoms with van der Waals surface area (Å²) < 4.78 is 5.03. The predicted molar refractivity (Wildman–Crippen MR) is 104 cm³/mol. The Balaban J connectivity index is 1.50. The molecular formula is C20H26N4O2. The number of benzene rings is 2. The van der Waals surface area contributed by atoms with Crippen LogP contribution < -0.4 is 11.1 Å². The first-order chi connectivity index (χ1) is 12.7. The molecule has 1 aliphatic heterocycles. The third kappa shape index (κ3) is 4.65. The molecule has 0 unspecified atom stereocenters. The molecule has 6 nitrogen and oxygen atoms in total. The van der Waals surface area contributed by atoms with E-state index in [-0.39, 0.29) is 12.1 Å². The first kappa shape index (κ1) is 18.0. The van der Waals surface area contributed by atoms with Gasteiger partial charge >= 0.3 is 6.09 Å². The van der Waals surface area contributed by atoms with E-state index in [9.17, 15) is 4.79 Å². The van der Waals surface area contributed by atoms with Gasteiger partial charge < -0.3 is 20.7 Å². The second kappa shape index (κ2) is 8.56. The lowest BCUT2D eigenvalue weighted by Crippen LogP contribution is -2.48. The minimum Gasteiger partial charge on any atom is -0.450 e. The highest BCUT2D eigenvalue weighted by Crippen LogP contribution is 2.16. The minimum absolute atomic E-state index is 0.233. The van der Waals surface area contributed by atoms with Gasteiger partial charge in [-0.1, -0.05) is 36.4 Å². The maximum Gasteiger partial charge on any atom is 0.409 e. The van der Waals surface area contributed by atoms with Gasteiger partial charge in [0.2, 0.25) is 0 Å². The molecule has 3 rings (SSSR count). The number of amides is 1. The monoisotopic (exact) mass is 354 g/mol. The number of fused-ring (bicyclic) bond motifs is 1. The summed E-state index contributed by atoms with van der Waals surface area (Å²) >= 11 is 0. The zero-order chi connectivity index (χ0) is 18.4. The Kier molecular flexibility index (Phi) is 5.94. The van der Waals surface area contributed by atoms with Crippen LogP contribution in [0, 0.1) is 0 Å². The van der Waals surface area contributed by atoms with Crippen molar-refractivity contribution in [2.75, 3.05) is 19.7 Å². The first-order valence-corrected chi connectivity index (χ1v) is 9.11. The molecule has 1 aliphatic rings. The highest BCUT2D eigenvalue weighted by molar-refractivity contribution is 5.83. The summed E-state index contributed by atoms with van der Waals surface area (Å²) in [5.74, 6) is 0.452. The molecule has 1 saturated heterocycles. The molecule has 0 atom stereocenters. The minimum atomic E-state index is -0.233. The van der Waals surface area contributed by atoms with Crippen molar-refractivity contribution in [3.63, 3.8) is 0 Å². The summed E-state index contributed by atoms with van der Waals surface area (Å²) in [7, 11) is 0. The average molecular weight is 354 g/mol. The lowest BCUT2D eigenvalue weighted by molar-refractivity contribution is 0.0963. The van der Waals surface area contributed by atoms with E-state index in [1.807, 2.05) is 19.1 Å². The van der Waals surface area contributed by atoms with Crippen LogP contribution in [0.15, 0.2) is 47.5 Å². The van der Waals surface area contributed by atoms with Gasteiger partial charge in [-0.05, 0) is 42.2 Å². The van der Waals surface area contributed by atoms with Crippen LogP contribution >= 0.6 is 0 Å². The second-order valence-corrected chi connectivity index (χ2v) is 6.49. The van der Waals surface area contributed by atoms with Crippen molar-refractivity contribution in [2.45, 2.75) is 32.4 Å². The summed E-state index contributed by atoms with van der Waals surface area (Å²) in [5, 5.41) is 5.70.